The summed E-state index contributed by atoms with van der Waals surface area (Å²) in [6, 6.07) is 5.18. The lowest BCUT2D eigenvalue weighted by Gasteiger charge is -2.27. The van der Waals surface area contributed by atoms with Gasteiger partial charge in [0.05, 0.1) is 0 Å². The summed E-state index contributed by atoms with van der Waals surface area (Å²) in [6.07, 6.45) is 6.27. The first-order valence-electron chi connectivity index (χ1n) is 5.73. The Kier molecular flexibility index (Phi) is 3.69. The van der Waals surface area contributed by atoms with Gasteiger partial charge >= 0.3 is 0 Å². The van der Waals surface area contributed by atoms with E-state index in [0.29, 0.717) is 12.1 Å². The minimum absolute atomic E-state index is 0.415. The molecule has 1 aliphatic rings. The van der Waals surface area contributed by atoms with Gasteiger partial charge in [0.25, 0.3) is 0 Å². The van der Waals surface area contributed by atoms with Crippen molar-refractivity contribution in [3.63, 3.8) is 0 Å². The Bertz CT molecular complexity index is 280. The quantitative estimate of drug-likeness (QED) is 0.785. The van der Waals surface area contributed by atoms with Crippen molar-refractivity contribution in [2.75, 3.05) is 13.1 Å². The van der Waals surface area contributed by atoms with Gasteiger partial charge in [-0.3, -0.25) is 4.98 Å². The van der Waals surface area contributed by atoms with E-state index in [1.165, 1.54) is 24.9 Å². The van der Waals surface area contributed by atoms with Gasteiger partial charge in [0, 0.05) is 31.0 Å². The molecule has 0 radical (unpaired) electrons. The van der Waals surface area contributed by atoms with Gasteiger partial charge < -0.3 is 10.6 Å². The van der Waals surface area contributed by atoms with Crippen LogP contribution < -0.4 is 10.6 Å². The third kappa shape index (κ3) is 3.01. The fraction of sp³-hybridized carbons (Fsp3) is 0.583. The molecule has 1 fully saturated rings. The molecule has 0 amide bonds. The van der Waals surface area contributed by atoms with E-state index in [1.807, 2.05) is 12.4 Å². The number of aromatic nitrogens is 1. The molecule has 82 valence electrons. The van der Waals surface area contributed by atoms with Crippen molar-refractivity contribution >= 4 is 0 Å². The summed E-state index contributed by atoms with van der Waals surface area (Å²) < 4.78 is 0. The zero-order chi connectivity index (χ0) is 10.5. The molecule has 1 saturated heterocycles. The van der Waals surface area contributed by atoms with Crippen molar-refractivity contribution in [3.05, 3.63) is 30.1 Å². The van der Waals surface area contributed by atoms with E-state index in [2.05, 4.69) is 34.7 Å². The summed E-state index contributed by atoms with van der Waals surface area (Å²) in [5.74, 6) is 0. The number of piperidine rings is 1. The van der Waals surface area contributed by atoms with E-state index in [-0.39, 0.29) is 0 Å². The van der Waals surface area contributed by atoms with E-state index in [1.54, 1.807) is 0 Å². The normalized spacial score (nSPS) is 23.7. The molecule has 0 aromatic carbocycles. The van der Waals surface area contributed by atoms with Gasteiger partial charge in [-0.15, -0.1) is 0 Å². The second-order valence-electron chi connectivity index (χ2n) is 4.21. The summed E-state index contributed by atoms with van der Waals surface area (Å²) in [4.78, 5) is 4.03. The zero-order valence-corrected chi connectivity index (χ0v) is 9.24. The van der Waals surface area contributed by atoms with E-state index < -0.39 is 0 Å². The fourth-order valence-corrected chi connectivity index (χ4v) is 2.10. The van der Waals surface area contributed by atoms with Crippen LogP contribution in [0.15, 0.2) is 24.5 Å². The third-order valence-electron chi connectivity index (χ3n) is 2.99. The van der Waals surface area contributed by atoms with E-state index >= 15 is 0 Å². The van der Waals surface area contributed by atoms with Crippen LogP contribution in [0, 0.1) is 0 Å². The van der Waals surface area contributed by atoms with Gasteiger partial charge in [-0.1, -0.05) is 0 Å². The van der Waals surface area contributed by atoms with Gasteiger partial charge in [-0.2, -0.15) is 0 Å². The van der Waals surface area contributed by atoms with E-state index in [4.69, 9.17) is 0 Å². The van der Waals surface area contributed by atoms with E-state index in [0.717, 1.165) is 6.54 Å². The SMILES string of the molecule is CC(NC1CCCNC1)c1ccncc1. The maximum atomic E-state index is 4.03. The Morgan fingerprint density at radius 1 is 1.47 bits per heavy atom. The Morgan fingerprint density at radius 2 is 2.27 bits per heavy atom. The highest BCUT2D eigenvalue weighted by Crippen LogP contribution is 2.13. The molecule has 2 unspecified atom stereocenters. The summed E-state index contributed by atoms with van der Waals surface area (Å²) in [5.41, 5.74) is 1.32. The number of hydrogen-bond acceptors (Lipinski definition) is 3. The molecule has 2 N–H and O–H groups in total. The van der Waals surface area contributed by atoms with Crippen LogP contribution in [0.1, 0.15) is 31.4 Å². The molecule has 0 saturated carbocycles. The van der Waals surface area contributed by atoms with Crippen molar-refractivity contribution < 1.29 is 0 Å². The van der Waals surface area contributed by atoms with Crippen LogP contribution in [0.4, 0.5) is 0 Å². The fourth-order valence-electron chi connectivity index (χ4n) is 2.10. The Balaban J connectivity index is 1.88. The van der Waals surface area contributed by atoms with Gasteiger partial charge in [0.1, 0.15) is 0 Å². The molecule has 1 aliphatic heterocycles. The average molecular weight is 205 g/mol. The first-order valence-corrected chi connectivity index (χ1v) is 5.73. The third-order valence-corrected chi connectivity index (χ3v) is 2.99. The predicted octanol–water partition coefficient (Wildman–Crippen LogP) is 1.48. The minimum atomic E-state index is 0.415. The van der Waals surface area contributed by atoms with Gasteiger partial charge in [-0.25, -0.2) is 0 Å². The number of pyridine rings is 1. The largest absolute Gasteiger partial charge is 0.315 e. The standard InChI is InChI=1S/C12H19N3/c1-10(11-4-7-13-8-5-11)15-12-3-2-6-14-9-12/h4-5,7-8,10,12,14-15H,2-3,6,9H2,1H3. The monoisotopic (exact) mass is 205 g/mol. The molecule has 0 bridgehead atoms. The second kappa shape index (κ2) is 5.24. The molecule has 0 spiro atoms. The molecule has 3 heteroatoms. The second-order valence-corrected chi connectivity index (χ2v) is 4.21. The van der Waals surface area contributed by atoms with Crippen LogP contribution in [-0.2, 0) is 0 Å². The maximum absolute atomic E-state index is 4.03. The lowest BCUT2D eigenvalue weighted by atomic mass is 10.0. The number of nitrogens with one attached hydrogen (secondary N) is 2. The first kappa shape index (κ1) is 10.6. The highest BCUT2D eigenvalue weighted by Gasteiger charge is 2.15. The zero-order valence-electron chi connectivity index (χ0n) is 9.24. The summed E-state index contributed by atoms with van der Waals surface area (Å²) in [7, 11) is 0. The van der Waals surface area contributed by atoms with Gasteiger partial charge in [0.15, 0.2) is 0 Å². The lowest BCUT2D eigenvalue weighted by molar-refractivity contribution is 0.362. The lowest BCUT2D eigenvalue weighted by Crippen LogP contribution is -2.43. The van der Waals surface area contributed by atoms with Crippen LogP contribution in [0.25, 0.3) is 0 Å². The van der Waals surface area contributed by atoms with Crippen LogP contribution in [0.5, 0.6) is 0 Å². The smallest absolute Gasteiger partial charge is 0.0296 e. The highest BCUT2D eigenvalue weighted by molar-refractivity contribution is 5.14. The van der Waals surface area contributed by atoms with Crippen LogP contribution in [-0.4, -0.2) is 24.1 Å². The summed E-state index contributed by atoms with van der Waals surface area (Å²) in [6.45, 7) is 4.47. The number of nitrogens with zero attached hydrogens (tertiary/aromatic N) is 1. The Labute approximate surface area is 91.3 Å². The van der Waals surface area contributed by atoms with Crippen molar-refractivity contribution in [1.82, 2.24) is 15.6 Å². The first-order chi connectivity index (χ1) is 7.36. The molecule has 1 aromatic heterocycles. The van der Waals surface area contributed by atoms with Crippen molar-refractivity contribution in [3.8, 4) is 0 Å². The molecular weight excluding hydrogens is 186 g/mol. The molecular formula is C12H19N3. The molecule has 2 rings (SSSR count). The molecule has 3 nitrogen and oxygen atoms in total. The molecule has 2 atom stereocenters. The number of hydrogen-bond donors (Lipinski definition) is 2. The highest BCUT2D eigenvalue weighted by atomic mass is 15.0. The number of rotatable bonds is 3. The molecule has 2 heterocycles. The average Bonchev–Trinajstić information content (AvgIpc) is 2.31. The van der Waals surface area contributed by atoms with Crippen molar-refractivity contribution in [2.24, 2.45) is 0 Å². The van der Waals surface area contributed by atoms with Crippen molar-refractivity contribution in [1.29, 1.82) is 0 Å². The Morgan fingerprint density at radius 3 is 2.93 bits per heavy atom. The Hall–Kier alpha value is -0.930. The molecule has 15 heavy (non-hydrogen) atoms. The van der Waals surface area contributed by atoms with Crippen molar-refractivity contribution in [2.45, 2.75) is 31.8 Å². The van der Waals surface area contributed by atoms with Crippen LogP contribution in [0.3, 0.4) is 0 Å². The van der Waals surface area contributed by atoms with Crippen LogP contribution >= 0.6 is 0 Å². The predicted molar refractivity (Wildman–Crippen MR) is 61.7 cm³/mol. The maximum Gasteiger partial charge on any atom is 0.0296 e. The topological polar surface area (TPSA) is 37.0 Å². The van der Waals surface area contributed by atoms with Gasteiger partial charge in [0.2, 0.25) is 0 Å². The van der Waals surface area contributed by atoms with E-state index in [9.17, 15) is 0 Å². The minimum Gasteiger partial charge on any atom is -0.315 e. The molecule has 1 aromatic rings. The molecule has 0 aliphatic carbocycles. The summed E-state index contributed by atoms with van der Waals surface area (Å²) in [5, 5.41) is 7.06. The van der Waals surface area contributed by atoms with Crippen LogP contribution in [0.2, 0.25) is 0 Å². The van der Waals surface area contributed by atoms with Gasteiger partial charge in [-0.05, 0) is 44.0 Å². The summed E-state index contributed by atoms with van der Waals surface area (Å²) >= 11 is 0.